The van der Waals surface area contributed by atoms with E-state index in [1.165, 1.54) is 13.1 Å². The standard InChI is InChI=1S/C7H10N2O/c1-6(4-5-8-3)9-7(2)10/h4-5H,1,3H2,2H3,(H,9,10). The molecule has 3 heteroatoms. The van der Waals surface area contributed by atoms with E-state index < -0.39 is 0 Å². The van der Waals surface area contributed by atoms with E-state index in [0.717, 1.165) is 0 Å². The van der Waals surface area contributed by atoms with Crippen LogP contribution in [-0.2, 0) is 4.79 Å². The maximum Gasteiger partial charge on any atom is 0.221 e. The van der Waals surface area contributed by atoms with Crippen LogP contribution in [0.5, 0.6) is 0 Å². The lowest BCUT2D eigenvalue weighted by atomic mass is 10.4. The van der Waals surface area contributed by atoms with Crippen LogP contribution >= 0.6 is 0 Å². The lowest BCUT2D eigenvalue weighted by Gasteiger charge is -1.96. The number of allylic oxidation sites excluding steroid dienone is 1. The second kappa shape index (κ2) is 4.49. The molecule has 0 aromatic carbocycles. The molecule has 1 N–H and O–H groups in total. The van der Waals surface area contributed by atoms with Gasteiger partial charge in [0, 0.05) is 18.8 Å². The van der Waals surface area contributed by atoms with Gasteiger partial charge in [0.25, 0.3) is 0 Å². The zero-order chi connectivity index (χ0) is 7.98. The van der Waals surface area contributed by atoms with Crippen molar-refractivity contribution in [2.45, 2.75) is 6.92 Å². The molecule has 1 amide bonds. The second-order valence-corrected chi connectivity index (χ2v) is 1.70. The summed E-state index contributed by atoms with van der Waals surface area (Å²) in [4.78, 5) is 13.8. The quantitative estimate of drug-likeness (QED) is 0.456. The van der Waals surface area contributed by atoms with Gasteiger partial charge >= 0.3 is 0 Å². The van der Waals surface area contributed by atoms with Crippen LogP contribution in [0.3, 0.4) is 0 Å². The summed E-state index contributed by atoms with van der Waals surface area (Å²) in [5, 5.41) is 2.47. The number of aliphatic imine (C=N–C) groups is 1. The van der Waals surface area contributed by atoms with E-state index in [4.69, 9.17) is 0 Å². The van der Waals surface area contributed by atoms with Crippen LogP contribution in [0.25, 0.3) is 0 Å². The fourth-order valence-electron chi connectivity index (χ4n) is 0.410. The van der Waals surface area contributed by atoms with E-state index in [1.807, 2.05) is 0 Å². The highest BCUT2D eigenvalue weighted by Crippen LogP contribution is 1.85. The molecule has 0 saturated heterocycles. The van der Waals surface area contributed by atoms with Crippen LogP contribution < -0.4 is 5.32 Å². The maximum atomic E-state index is 10.4. The summed E-state index contributed by atoms with van der Waals surface area (Å²) in [5.74, 6) is -0.140. The van der Waals surface area contributed by atoms with Gasteiger partial charge in [0.15, 0.2) is 0 Å². The Bertz CT molecular complexity index is 182. The zero-order valence-corrected chi connectivity index (χ0v) is 5.92. The Hall–Kier alpha value is -1.38. The van der Waals surface area contributed by atoms with Crippen molar-refractivity contribution in [3.05, 3.63) is 24.6 Å². The van der Waals surface area contributed by atoms with Gasteiger partial charge in [0.2, 0.25) is 5.91 Å². The van der Waals surface area contributed by atoms with E-state index in [9.17, 15) is 4.79 Å². The molecule has 0 aromatic heterocycles. The number of carbonyl (C=O) groups excluding carboxylic acids is 1. The van der Waals surface area contributed by atoms with Crippen LogP contribution in [-0.4, -0.2) is 12.6 Å². The number of nitrogens with zero attached hydrogens (tertiary/aromatic N) is 1. The van der Waals surface area contributed by atoms with Crippen LogP contribution in [0.2, 0.25) is 0 Å². The van der Waals surface area contributed by atoms with Crippen molar-refractivity contribution < 1.29 is 4.79 Å². The molecule has 0 aliphatic heterocycles. The molecule has 0 aliphatic rings. The third-order valence-electron chi connectivity index (χ3n) is 0.718. The van der Waals surface area contributed by atoms with Gasteiger partial charge in [-0.1, -0.05) is 6.58 Å². The molecule has 10 heavy (non-hydrogen) atoms. The fraction of sp³-hybridized carbons (Fsp3) is 0.143. The Morgan fingerprint density at radius 3 is 2.70 bits per heavy atom. The number of carbonyl (C=O) groups is 1. The van der Waals surface area contributed by atoms with Gasteiger partial charge in [-0.2, -0.15) is 0 Å². The lowest BCUT2D eigenvalue weighted by Crippen LogP contribution is -2.16. The van der Waals surface area contributed by atoms with Crippen molar-refractivity contribution in [1.29, 1.82) is 0 Å². The summed E-state index contributed by atoms with van der Waals surface area (Å²) >= 11 is 0. The maximum absolute atomic E-state index is 10.4. The van der Waals surface area contributed by atoms with E-state index in [-0.39, 0.29) is 5.91 Å². The van der Waals surface area contributed by atoms with E-state index in [1.54, 1.807) is 6.08 Å². The molecule has 0 radical (unpaired) electrons. The number of rotatable bonds is 3. The molecule has 54 valence electrons. The third-order valence-corrected chi connectivity index (χ3v) is 0.718. The monoisotopic (exact) mass is 138 g/mol. The molecule has 0 heterocycles. The molecular formula is C7H10N2O. The highest BCUT2D eigenvalue weighted by molar-refractivity contribution is 5.75. The summed E-state index contributed by atoms with van der Waals surface area (Å²) < 4.78 is 0. The number of hydrogen-bond acceptors (Lipinski definition) is 2. The van der Waals surface area contributed by atoms with Gasteiger partial charge < -0.3 is 5.32 Å². The van der Waals surface area contributed by atoms with Crippen LogP contribution in [0.4, 0.5) is 0 Å². The molecule has 3 nitrogen and oxygen atoms in total. The van der Waals surface area contributed by atoms with Crippen molar-refractivity contribution in [1.82, 2.24) is 5.32 Å². The Balaban J connectivity index is 3.75. The van der Waals surface area contributed by atoms with Crippen LogP contribution in [0, 0.1) is 0 Å². The van der Waals surface area contributed by atoms with Gasteiger partial charge in [-0.05, 0) is 12.8 Å². The first-order valence-electron chi connectivity index (χ1n) is 2.75. The first-order valence-corrected chi connectivity index (χ1v) is 2.75. The predicted octanol–water partition coefficient (Wildman–Crippen LogP) is 0.850. The first-order chi connectivity index (χ1) is 4.66. The highest BCUT2D eigenvalue weighted by atomic mass is 16.1. The average molecular weight is 138 g/mol. The largest absolute Gasteiger partial charge is 0.327 e. The Kier molecular flexibility index (Phi) is 3.87. The van der Waals surface area contributed by atoms with Gasteiger partial charge in [-0.15, -0.1) is 0 Å². The van der Waals surface area contributed by atoms with Crippen LogP contribution in [0.15, 0.2) is 29.5 Å². The molecule has 0 aliphatic carbocycles. The second-order valence-electron chi connectivity index (χ2n) is 1.70. The predicted molar refractivity (Wildman–Crippen MR) is 41.6 cm³/mol. The molecule has 0 atom stereocenters. The minimum Gasteiger partial charge on any atom is -0.327 e. The van der Waals surface area contributed by atoms with E-state index >= 15 is 0 Å². The number of amides is 1. The van der Waals surface area contributed by atoms with Crippen molar-refractivity contribution in [3.63, 3.8) is 0 Å². The molecule has 0 aromatic rings. The van der Waals surface area contributed by atoms with Crippen molar-refractivity contribution >= 4 is 12.6 Å². The van der Waals surface area contributed by atoms with Crippen molar-refractivity contribution in [3.8, 4) is 0 Å². The lowest BCUT2D eigenvalue weighted by molar-refractivity contribution is -0.118. The summed E-state index contributed by atoms with van der Waals surface area (Å²) in [5.41, 5.74) is 0.514. The first kappa shape index (κ1) is 8.62. The Morgan fingerprint density at radius 2 is 2.30 bits per heavy atom. The van der Waals surface area contributed by atoms with Crippen molar-refractivity contribution in [2.24, 2.45) is 4.99 Å². The Labute approximate surface area is 60.2 Å². The van der Waals surface area contributed by atoms with Gasteiger partial charge in [-0.3, -0.25) is 9.79 Å². The zero-order valence-electron chi connectivity index (χ0n) is 5.92. The topological polar surface area (TPSA) is 41.5 Å². The molecule has 0 unspecified atom stereocenters. The SMILES string of the molecule is C=NC=CC(=C)NC(C)=O. The number of nitrogens with one attached hydrogen (secondary N) is 1. The minimum atomic E-state index is -0.140. The highest BCUT2D eigenvalue weighted by Gasteiger charge is 1.88. The average Bonchev–Trinajstić information content (AvgIpc) is 1.82. The summed E-state index contributed by atoms with van der Waals surface area (Å²) in [7, 11) is 0. The van der Waals surface area contributed by atoms with Gasteiger partial charge in [-0.25, -0.2) is 0 Å². The molecule has 0 saturated carbocycles. The third kappa shape index (κ3) is 4.77. The Morgan fingerprint density at radius 1 is 1.70 bits per heavy atom. The van der Waals surface area contributed by atoms with Crippen LogP contribution in [0.1, 0.15) is 6.92 Å². The fourth-order valence-corrected chi connectivity index (χ4v) is 0.410. The number of hydrogen-bond donors (Lipinski definition) is 1. The molecule has 0 fully saturated rings. The summed E-state index contributed by atoms with van der Waals surface area (Å²) in [6, 6.07) is 0. The van der Waals surface area contributed by atoms with E-state index in [2.05, 4.69) is 23.6 Å². The normalized spacial score (nSPS) is 9.30. The van der Waals surface area contributed by atoms with Gasteiger partial charge in [0.05, 0.1) is 0 Å². The van der Waals surface area contributed by atoms with Crippen molar-refractivity contribution in [2.75, 3.05) is 0 Å². The molecule has 0 spiro atoms. The summed E-state index contributed by atoms with van der Waals surface area (Å²) in [6.45, 7) is 8.16. The van der Waals surface area contributed by atoms with Gasteiger partial charge in [0.1, 0.15) is 0 Å². The minimum absolute atomic E-state index is 0.140. The smallest absolute Gasteiger partial charge is 0.221 e. The molecule has 0 bridgehead atoms. The summed E-state index contributed by atoms with van der Waals surface area (Å²) in [6.07, 6.45) is 3.02. The molecule has 0 rings (SSSR count). The van der Waals surface area contributed by atoms with E-state index in [0.29, 0.717) is 5.70 Å². The molecular weight excluding hydrogens is 128 g/mol.